The Bertz CT molecular complexity index is 1070. The van der Waals surface area contributed by atoms with Crippen LogP contribution in [0.4, 0.5) is 5.69 Å². The third-order valence-electron chi connectivity index (χ3n) is 3.99. The normalized spacial score (nSPS) is 11.6. The highest BCUT2D eigenvalue weighted by molar-refractivity contribution is 6.32. The smallest absolute Gasteiger partial charge is 0.337 e. The fraction of sp³-hybridized carbons (Fsp3) is 0.0909. The fourth-order valence-corrected chi connectivity index (χ4v) is 2.98. The number of hydrogen-bond donors (Lipinski definition) is 1. The first-order valence-corrected chi connectivity index (χ1v) is 9.34. The second-order valence-electron chi connectivity index (χ2n) is 6.06. The van der Waals surface area contributed by atoms with Crippen molar-refractivity contribution >= 4 is 41.1 Å². The summed E-state index contributed by atoms with van der Waals surface area (Å²) in [6, 6.07) is 17.4. The van der Waals surface area contributed by atoms with Crippen LogP contribution in [0.2, 0.25) is 10.0 Å². The molecule has 0 amide bonds. The van der Waals surface area contributed by atoms with Crippen molar-refractivity contribution < 1.29 is 19.4 Å². The van der Waals surface area contributed by atoms with E-state index >= 15 is 0 Å². The summed E-state index contributed by atoms with van der Waals surface area (Å²) in [5.41, 5.74) is 2.59. The highest BCUT2D eigenvalue weighted by atomic mass is 35.5. The molecular formula is C22H17Cl2NO4. The number of phenols is 1. The Labute approximate surface area is 178 Å². The summed E-state index contributed by atoms with van der Waals surface area (Å²) in [4.78, 5) is 15.5. The maximum atomic E-state index is 11.3. The van der Waals surface area contributed by atoms with Gasteiger partial charge in [0.2, 0.25) is 0 Å². The lowest BCUT2D eigenvalue weighted by Crippen LogP contribution is -2.01. The Balaban J connectivity index is 0.000000220. The van der Waals surface area contributed by atoms with E-state index in [0.29, 0.717) is 17.3 Å². The zero-order valence-corrected chi connectivity index (χ0v) is 16.9. The number of nitrogens with zero attached hydrogens (tertiary/aromatic N) is 1. The zero-order valence-electron chi connectivity index (χ0n) is 15.4. The standard InChI is InChI=1S/C15H12ClNO3.C7H5ClO/c1-20-15(19)11-5-6-13(14(18)8-11)17-9-10-3-2-4-12(16)7-10;8-6-3-5-1-2-7(6)9-4-5/h2-9,18H,1H3;1-3H,4H2/b17-9+;. The van der Waals surface area contributed by atoms with E-state index in [1.165, 1.54) is 19.2 Å². The first-order chi connectivity index (χ1) is 14.0. The van der Waals surface area contributed by atoms with Crippen molar-refractivity contribution in [2.75, 3.05) is 7.11 Å². The molecule has 2 heterocycles. The summed E-state index contributed by atoms with van der Waals surface area (Å²) >= 11 is 11.6. The van der Waals surface area contributed by atoms with Crippen molar-refractivity contribution in [3.8, 4) is 11.5 Å². The molecule has 7 heteroatoms. The molecule has 0 aromatic heterocycles. The summed E-state index contributed by atoms with van der Waals surface area (Å²) in [5.74, 6) is 0.198. The number of halogens is 2. The largest absolute Gasteiger partial charge is 0.506 e. The average Bonchev–Trinajstić information content (AvgIpc) is 2.73. The van der Waals surface area contributed by atoms with Crippen LogP contribution in [0, 0.1) is 0 Å². The second-order valence-corrected chi connectivity index (χ2v) is 6.91. The van der Waals surface area contributed by atoms with Gasteiger partial charge in [-0.05, 0) is 53.6 Å². The molecule has 3 aromatic rings. The molecule has 2 aliphatic heterocycles. The molecule has 0 saturated carbocycles. The molecule has 2 aliphatic rings. The number of benzene rings is 3. The van der Waals surface area contributed by atoms with Gasteiger partial charge < -0.3 is 14.6 Å². The van der Waals surface area contributed by atoms with Crippen LogP contribution in [0.5, 0.6) is 11.5 Å². The summed E-state index contributed by atoms with van der Waals surface area (Å²) < 4.78 is 9.75. The van der Waals surface area contributed by atoms with E-state index in [4.69, 9.17) is 27.9 Å². The summed E-state index contributed by atoms with van der Waals surface area (Å²) in [7, 11) is 1.28. The molecule has 3 aromatic carbocycles. The second kappa shape index (κ2) is 9.45. The van der Waals surface area contributed by atoms with Crippen LogP contribution in [0.25, 0.3) is 0 Å². The highest BCUT2D eigenvalue weighted by Crippen LogP contribution is 2.30. The lowest BCUT2D eigenvalue weighted by atomic mass is 10.2. The number of rotatable bonds is 3. The minimum atomic E-state index is -0.509. The lowest BCUT2D eigenvalue weighted by Gasteiger charge is -2.14. The molecule has 148 valence electrons. The topological polar surface area (TPSA) is 68.1 Å². The third-order valence-corrected chi connectivity index (χ3v) is 4.52. The minimum absolute atomic E-state index is 0.0915. The molecule has 0 aliphatic carbocycles. The number of carbonyl (C=O) groups is 1. The van der Waals surface area contributed by atoms with E-state index in [0.717, 1.165) is 21.9 Å². The molecule has 0 spiro atoms. The van der Waals surface area contributed by atoms with Gasteiger partial charge in [-0.2, -0.15) is 0 Å². The number of carbonyl (C=O) groups excluding carboxylic acids is 1. The number of aliphatic imine (C=N–C) groups is 1. The molecular weight excluding hydrogens is 413 g/mol. The molecule has 29 heavy (non-hydrogen) atoms. The Morgan fingerprint density at radius 3 is 2.48 bits per heavy atom. The number of hydrogen-bond acceptors (Lipinski definition) is 5. The van der Waals surface area contributed by atoms with Gasteiger partial charge in [0.15, 0.2) is 0 Å². The number of phenolic OH excluding ortho intramolecular Hbond substituents is 1. The number of fused-ring (bicyclic) bond motifs is 3. The molecule has 2 bridgehead atoms. The maximum absolute atomic E-state index is 11.3. The molecule has 5 rings (SSSR count). The first kappa shape index (κ1) is 20.7. The van der Waals surface area contributed by atoms with E-state index in [1.807, 2.05) is 30.3 Å². The van der Waals surface area contributed by atoms with Gasteiger partial charge in [0, 0.05) is 11.2 Å². The van der Waals surface area contributed by atoms with Crippen LogP contribution >= 0.6 is 23.2 Å². The van der Waals surface area contributed by atoms with Crippen LogP contribution in [-0.4, -0.2) is 24.4 Å². The monoisotopic (exact) mass is 429 g/mol. The van der Waals surface area contributed by atoms with Gasteiger partial charge in [0.25, 0.3) is 0 Å². The van der Waals surface area contributed by atoms with E-state index in [-0.39, 0.29) is 11.3 Å². The first-order valence-electron chi connectivity index (χ1n) is 8.58. The predicted octanol–water partition coefficient (Wildman–Crippen LogP) is 5.82. The molecule has 5 nitrogen and oxygen atoms in total. The van der Waals surface area contributed by atoms with Gasteiger partial charge in [-0.25, -0.2) is 4.79 Å². The number of ether oxygens (including phenoxy) is 2. The quantitative estimate of drug-likeness (QED) is 0.420. The number of methoxy groups -OCH3 is 1. The fourth-order valence-electron chi connectivity index (χ4n) is 2.52. The molecule has 0 atom stereocenters. The van der Waals surface area contributed by atoms with Crippen molar-refractivity contribution in [3.63, 3.8) is 0 Å². The molecule has 0 fully saturated rings. The zero-order chi connectivity index (χ0) is 20.8. The SMILES string of the molecule is COC(=O)c1ccc(/N=C/c2cccc(Cl)c2)c(O)c1.Clc1cc2ccc1OC2. The Morgan fingerprint density at radius 2 is 1.97 bits per heavy atom. The van der Waals surface area contributed by atoms with Gasteiger partial charge in [0.05, 0.1) is 17.7 Å². The maximum Gasteiger partial charge on any atom is 0.337 e. The summed E-state index contributed by atoms with van der Waals surface area (Å²) in [6.07, 6.45) is 1.58. The van der Waals surface area contributed by atoms with Crippen molar-refractivity contribution in [2.24, 2.45) is 4.99 Å². The van der Waals surface area contributed by atoms with Crippen LogP contribution < -0.4 is 4.74 Å². The van der Waals surface area contributed by atoms with Gasteiger partial charge in [-0.15, -0.1) is 0 Å². The lowest BCUT2D eigenvalue weighted by molar-refractivity contribution is 0.0600. The van der Waals surface area contributed by atoms with E-state index < -0.39 is 5.97 Å². The number of aromatic hydroxyl groups is 1. The van der Waals surface area contributed by atoms with Gasteiger partial charge >= 0.3 is 5.97 Å². The Kier molecular flexibility index (Phi) is 6.75. The van der Waals surface area contributed by atoms with Crippen molar-refractivity contribution in [1.29, 1.82) is 0 Å². The Morgan fingerprint density at radius 1 is 1.14 bits per heavy atom. The van der Waals surface area contributed by atoms with Crippen LogP contribution in [-0.2, 0) is 11.3 Å². The van der Waals surface area contributed by atoms with Crippen molar-refractivity contribution in [3.05, 3.63) is 87.4 Å². The van der Waals surface area contributed by atoms with Crippen LogP contribution in [0.3, 0.4) is 0 Å². The molecule has 0 unspecified atom stereocenters. The molecule has 1 N–H and O–H groups in total. The summed E-state index contributed by atoms with van der Waals surface area (Å²) in [5, 5.41) is 11.2. The average molecular weight is 430 g/mol. The van der Waals surface area contributed by atoms with E-state index in [1.54, 1.807) is 24.4 Å². The Hall–Kier alpha value is -3.02. The summed E-state index contributed by atoms with van der Waals surface area (Å²) in [6.45, 7) is 0.683. The van der Waals surface area contributed by atoms with Gasteiger partial charge in [0.1, 0.15) is 23.8 Å². The highest BCUT2D eigenvalue weighted by Gasteiger charge is 2.09. The van der Waals surface area contributed by atoms with E-state index in [9.17, 15) is 9.90 Å². The number of esters is 1. The molecule has 0 radical (unpaired) electrons. The minimum Gasteiger partial charge on any atom is -0.506 e. The van der Waals surface area contributed by atoms with Gasteiger partial charge in [-0.1, -0.05) is 41.4 Å². The molecule has 0 saturated heterocycles. The van der Waals surface area contributed by atoms with E-state index in [2.05, 4.69) is 9.73 Å². The van der Waals surface area contributed by atoms with Crippen LogP contribution in [0.15, 0.2) is 65.7 Å². The van der Waals surface area contributed by atoms with Crippen molar-refractivity contribution in [1.82, 2.24) is 0 Å². The third kappa shape index (κ3) is 5.50. The van der Waals surface area contributed by atoms with Crippen LogP contribution in [0.1, 0.15) is 21.5 Å². The predicted molar refractivity (Wildman–Crippen MR) is 114 cm³/mol. The van der Waals surface area contributed by atoms with Crippen molar-refractivity contribution in [2.45, 2.75) is 6.61 Å². The van der Waals surface area contributed by atoms with Gasteiger partial charge in [-0.3, -0.25) is 4.99 Å².